The number of nitro benzene ring substituents is 1. The summed E-state index contributed by atoms with van der Waals surface area (Å²) in [5, 5.41) is 11.1. The molecule has 0 atom stereocenters. The van der Waals surface area contributed by atoms with Crippen molar-refractivity contribution in [3.63, 3.8) is 0 Å². The normalized spacial score (nSPS) is 10.6. The van der Waals surface area contributed by atoms with E-state index in [-0.39, 0.29) is 23.2 Å². The molecule has 2 aromatic rings. The summed E-state index contributed by atoms with van der Waals surface area (Å²) in [6.07, 6.45) is 1.71. The van der Waals surface area contributed by atoms with Crippen molar-refractivity contribution in [3.8, 4) is 0 Å². The Kier molecular flexibility index (Phi) is 7.57. The molecule has 0 aliphatic rings. The SMILES string of the molecule is CSc1ccc(C(=O)OCC(=O)N(Cc2ccccc2)C(C)C)cc1[N+](=O)[O-]. The van der Waals surface area contributed by atoms with Crippen molar-refractivity contribution in [2.24, 2.45) is 0 Å². The van der Waals surface area contributed by atoms with Crippen LogP contribution in [-0.4, -0.2) is 40.6 Å². The average Bonchev–Trinajstić information content (AvgIpc) is 2.69. The van der Waals surface area contributed by atoms with E-state index in [2.05, 4.69) is 0 Å². The molecule has 0 radical (unpaired) electrons. The third kappa shape index (κ3) is 5.56. The number of esters is 1. The molecular formula is C20H22N2O5S. The predicted molar refractivity (Wildman–Crippen MR) is 107 cm³/mol. The number of hydrogen-bond donors (Lipinski definition) is 0. The molecule has 0 N–H and O–H groups in total. The van der Waals surface area contributed by atoms with E-state index in [1.54, 1.807) is 11.2 Å². The zero-order chi connectivity index (χ0) is 20.7. The van der Waals surface area contributed by atoms with Crippen LogP contribution in [0.15, 0.2) is 53.4 Å². The van der Waals surface area contributed by atoms with E-state index in [9.17, 15) is 19.7 Å². The fourth-order valence-electron chi connectivity index (χ4n) is 2.59. The van der Waals surface area contributed by atoms with Gasteiger partial charge >= 0.3 is 5.97 Å². The van der Waals surface area contributed by atoms with Crippen LogP contribution in [-0.2, 0) is 16.1 Å². The summed E-state index contributed by atoms with van der Waals surface area (Å²) < 4.78 is 5.11. The van der Waals surface area contributed by atoms with Crippen LogP contribution >= 0.6 is 11.8 Å². The largest absolute Gasteiger partial charge is 0.452 e. The van der Waals surface area contributed by atoms with Crippen molar-refractivity contribution in [1.82, 2.24) is 4.90 Å². The molecule has 0 aromatic heterocycles. The highest BCUT2D eigenvalue weighted by Gasteiger charge is 2.21. The van der Waals surface area contributed by atoms with Gasteiger partial charge in [-0.15, -0.1) is 11.8 Å². The molecule has 7 nitrogen and oxygen atoms in total. The number of hydrogen-bond acceptors (Lipinski definition) is 6. The lowest BCUT2D eigenvalue weighted by Gasteiger charge is -2.26. The summed E-state index contributed by atoms with van der Waals surface area (Å²) in [6.45, 7) is 3.74. The van der Waals surface area contributed by atoms with Crippen molar-refractivity contribution < 1.29 is 19.2 Å². The van der Waals surface area contributed by atoms with Crippen LogP contribution < -0.4 is 0 Å². The average molecular weight is 402 g/mol. The maximum absolute atomic E-state index is 12.5. The van der Waals surface area contributed by atoms with E-state index in [1.165, 1.54) is 30.0 Å². The van der Waals surface area contributed by atoms with Crippen LogP contribution in [0.4, 0.5) is 5.69 Å². The third-order valence-electron chi connectivity index (χ3n) is 4.08. The Morgan fingerprint density at radius 1 is 1.18 bits per heavy atom. The van der Waals surface area contributed by atoms with Crippen molar-refractivity contribution >= 4 is 29.3 Å². The lowest BCUT2D eigenvalue weighted by molar-refractivity contribution is -0.387. The van der Waals surface area contributed by atoms with Crippen LogP contribution in [0, 0.1) is 10.1 Å². The van der Waals surface area contributed by atoms with Crippen molar-refractivity contribution in [3.05, 3.63) is 69.8 Å². The minimum atomic E-state index is -0.771. The zero-order valence-electron chi connectivity index (χ0n) is 16.0. The second kappa shape index (κ2) is 9.89. The quantitative estimate of drug-likeness (QED) is 0.288. The summed E-state index contributed by atoms with van der Waals surface area (Å²) in [5.41, 5.74) is 0.844. The van der Waals surface area contributed by atoms with Crippen LogP contribution in [0.5, 0.6) is 0 Å². The molecule has 28 heavy (non-hydrogen) atoms. The number of rotatable bonds is 8. The second-order valence-corrected chi connectivity index (χ2v) is 7.17. The molecule has 1 amide bonds. The maximum atomic E-state index is 12.5. The predicted octanol–water partition coefficient (Wildman–Crippen LogP) is 3.91. The molecule has 2 rings (SSSR count). The molecule has 8 heteroatoms. The monoisotopic (exact) mass is 402 g/mol. The van der Waals surface area contributed by atoms with E-state index in [1.807, 2.05) is 44.2 Å². The van der Waals surface area contributed by atoms with Gasteiger partial charge in [0.1, 0.15) is 0 Å². The third-order valence-corrected chi connectivity index (χ3v) is 4.86. The number of amides is 1. The summed E-state index contributed by atoms with van der Waals surface area (Å²) in [4.78, 5) is 37.4. The first kappa shape index (κ1) is 21.4. The van der Waals surface area contributed by atoms with Crippen molar-refractivity contribution in [2.45, 2.75) is 31.3 Å². The minimum Gasteiger partial charge on any atom is -0.452 e. The Bertz CT molecular complexity index is 855. The molecule has 0 aliphatic carbocycles. The summed E-state index contributed by atoms with van der Waals surface area (Å²) in [5.74, 6) is -1.10. The molecule has 0 heterocycles. The van der Waals surface area contributed by atoms with E-state index in [0.717, 1.165) is 5.56 Å². The molecule has 0 saturated heterocycles. The molecule has 0 fully saturated rings. The van der Waals surface area contributed by atoms with Gasteiger partial charge < -0.3 is 9.64 Å². The molecule has 2 aromatic carbocycles. The second-order valence-electron chi connectivity index (χ2n) is 6.32. The Morgan fingerprint density at radius 3 is 2.43 bits per heavy atom. The van der Waals surface area contributed by atoms with Crippen molar-refractivity contribution in [2.75, 3.05) is 12.9 Å². The van der Waals surface area contributed by atoms with Gasteiger partial charge in [-0.3, -0.25) is 14.9 Å². The molecule has 148 valence electrons. The Morgan fingerprint density at radius 2 is 1.86 bits per heavy atom. The van der Waals surface area contributed by atoms with Gasteiger partial charge in [0, 0.05) is 18.7 Å². The van der Waals surface area contributed by atoms with E-state index < -0.39 is 17.5 Å². The molecule has 0 bridgehead atoms. The fraction of sp³-hybridized carbons (Fsp3) is 0.300. The number of carbonyl (C=O) groups is 2. The van der Waals surface area contributed by atoms with E-state index in [0.29, 0.717) is 11.4 Å². The van der Waals surface area contributed by atoms with Crippen molar-refractivity contribution in [1.29, 1.82) is 0 Å². The Hall–Kier alpha value is -2.87. The van der Waals surface area contributed by atoms with Gasteiger partial charge in [-0.05, 0) is 37.8 Å². The van der Waals surface area contributed by atoms with Crippen LogP contribution in [0.25, 0.3) is 0 Å². The van der Waals surface area contributed by atoms with Crippen LogP contribution in [0.2, 0.25) is 0 Å². The highest BCUT2D eigenvalue weighted by Crippen LogP contribution is 2.28. The maximum Gasteiger partial charge on any atom is 0.338 e. The highest BCUT2D eigenvalue weighted by molar-refractivity contribution is 7.98. The number of nitro groups is 1. The number of benzene rings is 2. The topological polar surface area (TPSA) is 89.8 Å². The molecule has 0 unspecified atom stereocenters. The Balaban J connectivity index is 2.05. The molecule has 0 spiro atoms. The lowest BCUT2D eigenvalue weighted by Crippen LogP contribution is -2.39. The Labute approximate surface area is 167 Å². The van der Waals surface area contributed by atoms with Gasteiger partial charge in [-0.1, -0.05) is 30.3 Å². The zero-order valence-corrected chi connectivity index (χ0v) is 16.8. The van der Waals surface area contributed by atoms with Crippen LogP contribution in [0.3, 0.4) is 0 Å². The molecule has 0 aliphatic heterocycles. The number of carbonyl (C=O) groups excluding carboxylic acids is 2. The van der Waals surface area contributed by atoms with Crippen LogP contribution in [0.1, 0.15) is 29.8 Å². The van der Waals surface area contributed by atoms with Gasteiger partial charge in [0.15, 0.2) is 6.61 Å². The number of nitrogens with zero attached hydrogens (tertiary/aromatic N) is 2. The number of ether oxygens (including phenoxy) is 1. The minimum absolute atomic E-state index is 0.0384. The first-order chi connectivity index (χ1) is 13.3. The molecular weight excluding hydrogens is 380 g/mol. The molecule has 0 saturated carbocycles. The van der Waals surface area contributed by atoms with Gasteiger partial charge in [0.05, 0.1) is 15.4 Å². The summed E-state index contributed by atoms with van der Waals surface area (Å²) in [7, 11) is 0. The van der Waals surface area contributed by atoms with E-state index in [4.69, 9.17) is 4.74 Å². The fourth-order valence-corrected chi connectivity index (χ4v) is 3.14. The van der Waals surface area contributed by atoms with E-state index >= 15 is 0 Å². The first-order valence-corrected chi connectivity index (χ1v) is 9.89. The van der Waals surface area contributed by atoms with Gasteiger partial charge in [-0.2, -0.15) is 0 Å². The number of thioether (sulfide) groups is 1. The highest BCUT2D eigenvalue weighted by atomic mass is 32.2. The standard InChI is InChI=1S/C20H22N2O5S/c1-14(2)21(12-15-7-5-4-6-8-15)19(23)13-27-20(24)16-9-10-18(28-3)17(11-16)22(25)26/h4-11,14H,12-13H2,1-3H3. The van der Waals surface area contributed by atoms with Gasteiger partial charge in [0.25, 0.3) is 11.6 Å². The van der Waals surface area contributed by atoms with Gasteiger partial charge in [0.2, 0.25) is 0 Å². The first-order valence-electron chi connectivity index (χ1n) is 8.66. The summed E-state index contributed by atoms with van der Waals surface area (Å²) in [6, 6.07) is 13.6. The lowest BCUT2D eigenvalue weighted by atomic mass is 10.2. The smallest absolute Gasteiger partial charge is 0.338 e. The van der Waals surface area contributed by atoms with Gasteiger partial charge in [-0.25, -0.2) is 4.79 Å². The summed E-state index contributed by atoms with van der Waals surface area (Å²) >= 11 is 1.22.